The molecule has 0 saturated heterocycles. The zero-order chi connectivity index (χ0) is 14.9. The molecule has 1 atom stereocenters. The van der Waals surface area contributed by atoms with Gasteiger partial charge in [0.25, 0.3) is 0 Å². The summed E-state index contributed by atoms with van der Waals surface area (Å²) >= 11 is 0. The van der Waals surface area contributed by atoms with Crippen LogP contribution in [0.15, 0.2) is 36.8 Å². The summed E-state index contributed by atoms with van der Waals surface area (Å²) in [4.78, 5) is 4.43. The highest BCUT2D eigenvalue weighted by Gasteiger charge is 2.03. The maximum atomic E-state index is 4.43. The topological polar surface area (TPSA) is 42.7 Å². The van der Waals surface area contributed by atoms with Crippen molar-refractivity contribution in [1.29, 1.82) is 0 Å². The van der Waals surface area contributed by atoms with E-state index in [1.807, 2.05) is 24.5 Å². The molecule has 0 spiro atoms. The third-order valence-corrected chi connectivity index (χ3v) is 3.64. The summed E-state index contributed by atoms with van der Waals surface area (Å²) in [5.41, 5.74) is 1.08. The van der Waals surface area contributed by atoms with Gasteiger partial charge in [0.15, 0.2) is 5.82 Å². The number of aromatic nitrogens is 3. The van der Waals surface area contributed by atoms with Crippen LogP contribution in [0, 0.1) is 0 Å². The highest BCUT2D eigenvalue weighted by Crippen LogP contribution is 2.13. The summed E-state index contributed by atoms with van der Waals surface area (Å²) in [6.07, 6.45) is 13.4. The molecule has 2 heterocycles. The van der Waals surface area contributed by atoms with Gasteiger partial charge in [0.1, 0.15) is 0 Å². The molecule has 4 heteroatoms. The van der Waals surface area contributed by atoms with Crippen LogP contribution in [0.5, 0.6) is 0 Å². The lowest BCUT2D eigenvalue weighted by Gasteiger charge is -2.15. The van der Waals surface area contributed by atoms with E-state index < -0.39 is 0 Å². The van der Waals surface area contributed by atoms with Crippen LogP contribution in [-0.4, -0.2) is 20.8 Å². The van der Waals surface area contributed by atoms with Gasteiger partial charge in [0.05, 0.1) is 11.9 Å². The molecule has 1 unspecified atom stereocenters. The second-order valence-electron chi connectivity index (χ2n) is 5.60. The average molecular weight is 286 g/mol. The van der Waals surface area contributed by atoms with Gasteiger partial charge in [-0.05, 0) is 31.5 Å². The predicted octanol–water partition coefficient (Wildman–Crippen LogP) is 4.43. The van der Waals surface area contributed by atoms with Gasteiger partial charge in [0, 0.05) is 18.4 Å². The molecule has 0 amide bonds. The number of nitrogens with zero attached hydrogens (tertiary/aromatic N) is 3. The van der Waals surface area contributed by atoms with Gasteiger partial charge in [-0.25, -0.2) is 9.67 Å². The molecule has 4 nitrogen and oxygen atoms in total. The Morgan fingerprint density at radius 3 is 2.71 bits per heavy atom. The number of hydrogen-bond acceptors (Lipinski definition) is 3. The van der Waals surface area contributed by atoms with E-state index in [1.165, 1.54) is 38.5 Å². The van der Waals surface area contributed by atoms with Crippen LogP contribution in [-0.2, 0) is 0 Å². The number of rotatable bonds is 9. The molecule has 0 radical (unpaired) electrons. The first-order valence-corrected chi connectivity index (χ1v) is 8.02. The van der Waals surface area contributed by atoms with Crippen LogP contribution in [0.4, 0.5) is 5.69 Å². The van der Waals surface area contributed by atoms with E-state index in [4.69, 9.17) is 0 Å². The quantitative estimate of drug-likeness (QED) is 0.693. The van der Waals surface area contributed by atoms with E-state index in [2.05, 4.69) is 35.3 Å². The van der Waals surface area contributed by atoms with E-state index >= 15 is 0 Å². The molecule has 1 N–H and O–H groups in total. The SMILES string of the molecule is CCCCCCCC(C)Nc1ccc(-n2cccn2)nc1. The highest BCUT2D eigenvalue weighted by atomic mass is 15.3. The Bertz CT molecular complexity index is 490. The normalized spacial score (nSPS) is 12.3. The fourth-order valence-corrected chi connectivity index (χ4v) is 2.42. The van der Waals surface area contributed by atoms with Gasteiger partial charge >= 0.3 is 0 Å². The summed E-state index contributed by atoms with van der Waals surface area (Å²) in [5, 5.41) is 7.69. The number of unbranched alkanes of at least 4 members (excludes halogenated alkanes) is 4. The second-order valence-corrected chi connectivity index (χ2v) is 5.60. The second kappa shape index (κ2) is 8.45. The van der Waals surface area contributed by atoms with Crippen molar-refractivity contribution < 1.29 is 0 Å². The fraction of sp³-hybridized carbons (Fsp3) is 0.529. The number of nitrogens with one attached hydrogen (secondary N) is 1. The van der Waals surface area contributed by atoms with E-state index in [0.717, 1.165) is 11.5 Å². The van der Waals surface area contributed by atoms with Gasteiger partial charge in [-0.3, -0.25) is 0 Å². The van der Waals surface area contributed by atoms with Crippen LogP contribution in [0.3, 0.4) is 0 Å². The predicted molar refractivity (Wildman–Crippen MR) is 87.8 cm³/mol. The zero-order valence-corrected chi connectivity index (χ0v) is 13.1. The van der Waals surface area contributed by atoms with Gasteiger partial charge in [0.2, 0.25) is 0 Å². The molecule has 2 rings (SSSR count). The molecule has 0 aliphatic heterocycles. The van der Waals surface area contributed by atoms with Crippen molar-refractivity contribution in [3.05, 3.63) is 36.8 Å². The minimum absolute atomic E-state index is 0.490. The third-order valence-electron chi connectivity index (χ3n) is 3.64. The van der Waals surface area contributed by atoms with Crippen molar-refractivity contribution in [3.63, 3.8) is 0 Å². The molecule has 114 valence electrons. The molecule has 0 aliphatic carbocycles. The molecular weight excluding hydrogens is 260 g/mol. The maximum absolute atomic E-state index is 4.43. The van der Waals surface area contributed by atoms with Crippen LogP contribution in [0.2, 0.25) is 0 Å². The average Bonchev–Trinajstić information content (AvgIpc) is 3.02. The lowest BCUT2D eigenvalue weighted by Crippen LogP contribution is -2.15. The van der Waals surface area contributed by atoms with Gasteiger partial charge in [-0.2, -0.15) is 5.10 Å². The summed E-state index contributed by atoms with van der Waals surface area (Å²) in [6, 6.07) is 6.44. The van der Waals surface area contributed by atoms with Crippen molar-refractivity contribution in [2.45, 2.75) is 58.4 Å². The largest absolute Gasteiger partial charge is 0.381 e. The van der Waals surface area contributed by atoms with E-state index in [1.54, 1.807) is 10.9 Å². The van der Waals surface area contributed by atoms with Crippen molar-refractivity contribution in [3.8, 4) is 5.82 Å². The minimum Gasteiger partial charge on any atom is -0.381 e. The molecule has 0 aliphatic rings. The summed E-state index contributed by atoms with van der Waals surface area (Å²) in [5.74, 6) is 0.845. The summed E-state index contributed by atoms with van der Waals surface area (Å²) in [7, 11) is 0. The Balaban J connectivity index is 1.75. The van der Waals surface area contributed by atoms with Gasteiger partial charge < -0.3 is 5.32 Å². The Morgan fingerprint density at radius 2 is 2.05 bits per heavy atom. The van der Waals surface area contributed by atoms with Crippen LogP contribution in [0.25, 0.3) is 5.82 Å². The third kappa shape index (κ3) is 5.21. The molecule has 0 aromatic carbocycles. The van der Waals surface area contributed by atoms with E-state index in [-0.39, 0.29) is 0 Å². The van der Waals surface area contributed by atoms with Crippen molar-refractivity contribution in [1.82, 2.24) is 14.8 Å². The van der Waals surface area contributed by atoms with Gasteiger partial charge in [-0.15, -0.1) is 0 Å². The van der Waals surface area contributed by atoms with Crippen LogP contribution < -0.4 is 5.32 Å². The number of hydrogen-bond donors (Lipinski definition) is 1. The van der Waals surface area contributed by atoms with Crippen LogP contribution in [0.1, 0.15) is 52.4 Å². The van der Waals surface area contributed by atoms with Crippen molar-refractivity contribution in [2.75, 3.05) is 5.32 Å². The minimum atomic E-state index is 0.490. The molecule has 2 aromatic heterocycles. The molecular formula is C17H26N4. The van der Waals surface area contributed by atoms with Crippen LogP contribution >= 0.6 is 0 Å². The van der Waals surface area contributed by atoms with E-state index in [9.17, 15) is 0 Å². The Kier molecular flexibility index (Phi) is 6.25. The maximum Gasteiger partial charge on any atom is 0.153 e. The first kappa shape index (κ1) is 15.5. The standard InChI is InChI=1S/C17H26N4/c1-3-4-5-6-7-9-15(2)20-16-10-11-17(18-14-16)21-13-8-12-19-21/h8,10-15,20H,3-7,9H2,1-2H3. The zero-order valence-electron chi connectivity index (χ0n) is 13.1. The monoisotopic (exact) mass is 286 g/mol. The number of anilines is 1. The Labute approximate surface area is 127 Å². The number of pyridine rings is 1. The van der Waals surface area contributed by atoms with E-state index in [0.29, 0.717) is 6.04 Å². The first-order chi connectivity index (χ1) is 10.3. The lowest BCUT2D eigenvalue weighted by atomic mass is 10.1. The summed E-state index contributed by atoms with van der Waals surface area (Å²) < 4.78 is 1.76. The van der Waals surface area contributed by atoms with Crippen molar-refractivity contribution >= 4 is 5.69 Å². The smallest absolute Gasteiger partial charge is 0.153 e. The van der Waals surface area contributed by atoms with Crippen molar-refractivity contribution in [2.24, 2.45) is 0 Å². The lowest BCUT2D eigenvalue weighted by molar-refractivity contribution is 0.578. The summed E-state index contributed by atoms with van der Waals surface area (Å²) in [6.45, 7) is 4.49. The molecule has 0 fully saturated rings. The fourth-order valence-electron chi connectivity index (χ4n) is 2.42. The first-order valence-electron chi connectivity index (χ1n) is 8.02. The molecule has 0 bridgehead atoms. The Morgan fingerprint density at radius 1 is 1.19 bits per heavy atom. The molecule has 0 saturated carbocycles. The highest BCUT2D eigenvalue weighted by molar-refractivity contribution is 5.44. The molecule has 21 heavy (non-hydrogen) atoms. The Hall–Kier alpha value is -1.84. The molecule has 2 aromatic rings. The van der Waals surface area contributed by atoms with Gasteiger partial charge in [-0.1, -0.05) is 39.0 Å².